The fraction of sp³-hybridized carbons (Fsp3) is 1.00. The van der Waals surface area contributed by atoms with Gasteiger partial charge >= 0.3 is 0 Å². The molecule has 2 heterocycles. The quantitative estimate of drug-likeness (QED) is 0.841. The van der Waals surface area contributed by atoms with E-state index >= 15 is 0 Å². The molecule has 2 rings (SSSR count). The van der Waals surface area contributed by atoms with Crippen molar-refractivity contribution in [2.75, 3.05) is 46.8 Å². The van der Waals surface area contributed by atoms with Gasteiger partial charge in [0.15, 0.2) is 0 Å². The van der Waals surface area contributed by atoms with E-state index in [-0.39, 0.29) is 5.54 Å². The van der Waals surface area contributed by atoms with Gasteiger partial charge in [-0.2, -0.15) is 0 Å². The van der Waals surface area contributed by atoms with Crippen molar-refractivity contribution in [1.82, 2.24) is 14.7 Å². The van der Waals surface area contributed by atoms with Crippen LogP contribution in [-0.2, 0) is 0 Å². The summed E-state index contributed by atoms with van der Waals surface area (Å²) >= 11 is 0. The zero-order valence-corrected chi connectivity index (χ0v) is 13.9. The first-order valence-corrected chi connectivity index (χ1v) is 8.34. The maximum atomic E-state index is 6.24. The van der Waals surface area contributed by atoms with Crippen LogP contribution in [0, 0.1) is 0 Å². The molecule has 0 bridgehead atoms. The molecular weight excluding hydrogens is 248 g/mol. The van der Waals surface area contributed by atoms with Gasteiger partial charge in [-0.05, 0) is 60.2 Å². The average molecular weight is 282 g/mol. The Morgan fingerprint density at radius 3 is 2.35 bits per heavy atom. The van der Waals surface area contributed by atoms with Gasteiger partial charge in [0.1, 0.15) is 0 Å². The third-order valence-corrected chi connectivity index (χ3v) is 5.64. The van der Waals surface area contributed by atoms with Crippen LogP contribution in [0.1, 0.15) is 39.5 Å². The number of nitrogens with two attached hydrogens (primary N) is 1. The van der Waals surface area contributed by atoms with Gasteiger partial charge in [-0.15, -0.1) is 0 Å². The number of nitrogens with zero attached hydrogens (tertiary/aromatic N) is 3. The Balaban J connectivity index is 2.01. The summed E-state index contributed by atoms with van der Waals surface area (Å²) in [4.78, 5) is 7.71. The highest BCUT2D eigenvalue weighted by atomic mass is 15.3. The average Bonchev–Trinajstić information content (AvgIpc) is 2.47. The number of hydrogen-bond acceptors (Lipinski definition) is 4. The van der Waals surface area contributed by atoms with E-state index in [9.17, 15) is 0 Å². The van der Waals surface area contributed by atoms with Gasteiger partial charge in [0.05, 0.1) is 0 Å². The van der Waals surface area contributed by atoms with Crippen LogP contribution >= 0.6 is 0 Å². The normalized spacial score (nSPS) is 29.2. The Morgan fingerprint density at radius 2 is 1.85 bits per heavy atom. The smallest absolute Gasteiger partial charge is 0.0356 e. The van der Waals surface area contributed by atoms with E-state index < -0.39 is 0 Å². The van der Waals surface area contributed by atoms with E-state index in [1.807, 2.05) is 0 Å². The summed E-state index contributed by atoms with van der Waals surface area (Å²) in [5, 5.41) is 0. The minimum atomic E-state index is 0.264. The van der Waals surface area contributed by atoms with E-state index in [0.29, 0.717) is 12.1 Å². The molecule has 1 unspecified atom stereocenters. The summed E-state index contributed by atoms with van der Waals surface area (Å²) in [5.41, 5.74) is 6.50. The van der Waals surface area contributed by atoms with E-state index in [0.717, 1.165) is 6.54 Å². The third kappa shape index (κ3) is 3.35. The highest BCUT2D eigenvalue weighted by Gasteiger charge is 2.41. The van der Waals surface area contributed by atoms with E-state index in [1.165, 1.54) is 51.9 Å². The van der Waals surface area contributed by atoms with Crippen LogP contribution in [0.3, 0.4) is 0 Å². The Kier molecular flexibility index (Phi) is 5.46. The van der Waals surface area contributed by atoms with Gasteiger partial charge in [-0.25, -0.2) is 0 Å². The first-order valence-electron chi connectivity index (χ1n) is 8.34. The molecule has 2 aliphatic rings. The topological polar surface area (TPSA) is 35.7 Å². The largest absolute Gasteiger partial charge is 0.329 e. The van der Waals surface area contributed by atoms with Crippen molar-refractivity contribution in [2.45, 2.75) is 57.2 Å². The molecule has 0 aliphatic carbocycles. The number of piperidine rings is 2. The van der Waals surface area contributed by atoms with Gasteiger partial charge in [0.25, 0.3) is 0 Å². The Bertz CT molecular complexity index is 295. The van der Waals surface area contributed by atoms with E-state index in [2.05, 4.69) is 42.6 Å². The molecule has 2 saturated heterocycles. The van der Waals surface area contributed by atoms with E-state index in [1.54, 1.807) is 0 Å². The van der Waals surface area contributed by atoms with Crippen molar-refractivity contribution in [3.8, 4) is 0 Å². The van der Waals surface area contributed by atoms with Crippen molar-refractivity contribution < 1.29 is 0 Å². The molecule has 0 aromatic carbocycles. The van der Waals surface area contributed by atoms with Crippen molar-refractivity contribution >= 4 is 0 Å². The number of rotatable bonds is 4. The Labute approximate surface area is 125 Å². The minimum Gasteiger partial charge on any atom is -0.329 e. The summed E-state index contributed by atoms with van der Waals surface area (Å²) in [7, 11) is 4.43. The van der Waals surface area contributed by atoms with Crippen LogP contribution < -0.4 is 5.73 Å². The number of hydrogen-bond donors (Lipinski definition) is 1. The summed E-state index contributed by atoms with van der Waals surface area (Å²) < 4.78 is 0. The summed E-state index contributed by atoms with van der Waals surface area (Å²) in [6, 6.07) is 1.37. The summed E-state index contributed by atoms with van der Waals surface area (Å²) in [6.07, 6.45) is 5.13. The lowest BCUT2D eigenvalue weighted by Crippen LogP contribution is -2.63. The van der Waals surface area contributed by atoms with Crippen LogP contribution in [0.15, 0.2) is 0 Å². The highest BCUT2D eigenvalue weighted by molar-refractivity contribution is 4.99. The fourth-order valence-electron chi connectivity index (χ4n) is 3.91. The van der Waals surface area contributed by atoms with Crippen molar-refractivity contribution in [1.29, 1.82) is 0 Å². The molecule has 2 aliphatic heterocycles. The van der Waals surface area contributed by atoms with Gasteiger partial charge in [0.2, 0.25) is 0 Å². The monoisotopic (exact) mass is 282 g/mol. The molecule has 4 heteroatoms. The standard InChI is InChI=1S/C16H34N4/c1-14(2)19-10-7-16(13-17,8-11-19)20-9-5-6-15(12-20)18(3)4/h14-15H,5-13,17H2,1-4H3. The maximum absolute atomic E-state index is 6.24. The van der Waals surface area contributed by atoms with Crippen LogP contribution in [-0.4, -0.2) is 79.1 Å². The fourth-order valence-corrected chi connectivity index (χ4v) is 3.91. The van der Waals surface area contributed by atoms with Crippen LogP contribution in [0.4, 0.5) is 0 Å². The predicted molar refractivity (Wildman–Crippen MR) is 86.0 cm³/mol. The molecule has 0 aromatic rings. The first-order chi connectivity index (χ1) is 9.48. The van der Waals surface area contributed by atoms with Crippen LogP contribution in [0.25, 0.3) is 0 Å². The number of likely N-dealkylation sites (tertiary alicyclic amines) is 2. The van der Waals surface area contributed by atoms with Crippen LogP contribution in [0.2, 0.25) is 0 Å². The molecule has 0 saturated carbocycles. The molecule has 0 spiro atoms. The number of likely N-dealkylation sites (N-methyl/N-ethyl adjacent to an activating group) is 1. The van der Waals surface area contributed by atoms with Gasteiger partial charge in [-0.3, -0.25) is 4.90 Å². The van der Waals surface area contributed by atoms with Gasteiger partial charge in [0, 0.05) is 43.8 Å². The third-order valence-electron chi connectivity index (χ3n) is 5.64. The van der Waals surface area contributed by atoms with Gasteiger partial charge < -0.3 is 15.5 Å². The predicted octanol–water partition coefficient (Wildman–Crippen LogP) is 1.21. The molecule has 20 heavy (non-hydrogen) atoms. The highest BCUT2D eigenvalue weighted by Crippen LogP contribution is 2.32. The second-order valence-electron chi connectivity index (χ2n) is 7.26. The maximum Gasteiger partial charge on any atom is 0.0356 e. The minimum absolute atomic E-state index is 0.264. The summed E-state index contributed by atoms with van der Waals surface area (Å²) in [6.45, 7) is 10.3. The second kappa shape index (κ2) is 6.73. The van der Waals surface area contributed by atoms with E-state index in [4.69, 9.17) is 5.73 Å². The molecule has 0 radical (unpaired) electrons. The SMILES string of the molecule is CC(C)N1CCC(CN)(N2CCCC(N(C)C)C2)CC1. The molecule has 4 nitrogen and oxygen atoms in total. The zero-order chi connectivity index (χ0) is 14.8. The first kappa shape index (κ1) is 16.2. The van der Waals surface area contributed by atoms with Crippen molar-refractivity contribution in [3.05, 3.63) is 0 Å². The summed E-state index contributed by atoms with van der Waals surface area (Å²) in [5.74, 6) is 0. The molecule has 0 aromatic heterocycles. The lowest BCUT2D eigenvalue weighted by Gasteiger charge is -2.52. The molecule has 2 fully saturated rings. The Hall–Kier alpha value is -0.160. The van der Waals surface area contributed by atoms with Crippen molar-refractivity contribution in [3.63, 3.8) is 0 Å². The van der Waals surface area contributed by atoms with Crippen LogP contribution in [0.5, 0.6) is 0 Å². The molecule has 2 N–H and O–H groups in total. The molecule has 0 amide bonds. The lowest BCUT2D eigenvalue weighted by molar-refractivity contribution is -0.0124. The van der Waals surface area contributed by atoms with Crippen molar-refractivity contribution in [2.24, 2.45) is 5.73 Å². The zero-order valence-electron chi connectivity index (χ0n) is 13.9. The molecule has 118 valence electrons. The Morgan fingerprint density at radius 1 is 1.20 bits per heavy atom. The molecular formula is C16H34N4. The van der Waals surface area contributed by atoms with Gasteiger partial charge in [-0.1, -0.05) is 0 Å². The molecule has 1 atom stereocenters. The second-order valence-corrected chi connectivity index (χ2v) is 7.26. The lowest BCUT2D eigenvalue weighted by atomic mass is 9.83.